The zero-order valence-corrected chi connectivity index (χ0v) is 19.5. The molecule has 3 aromatic carbocycles. The van der Waals surface area contributed by atoms with E-state index in [0.717, 1.165) is 0 Å². The summed E-state index contributed by atoms with van der Waals surface area (Å²) in [6, 6.07) is 27.6. The lowest BCUT2D eigenvalue weighted by Crippen LogP contribution is -2.40. The summed E-state index contributed by atoms with van der Waals surface area (Å²) >= 11 is 0. The van der Waals surface area contributed by atoms with E-state index in [1.54, 1.807) is 0 Å². The largest absolute Gasteiger partial charge is 0.0764 e. The van der Waals surface area contributed by atoms with E-state index in [2.05, 4.69) is 137 Å². The minimum atomic E-state index is -0.212. The first-order valence-corrected chi connectivity index (χ1v) is 11.7. The Kier molecular flexibility index (Phi) is 5.05. The van der Waals surface area contributed by atoms with Crippen LogP contribution in [0, 0.1) is 12.8 Å². The first-order chi connectivity index (χ1) is 15.4. The molecule has 0 heterocycles. The van der Waals surface area contributed by atoms with Crippen LogP contribution in [0.3, 0.4) is 0 Å². The average Bonchev–Trinajstić information content (AvgIpc) is 3.47. The molecular weight excluding hydrogens is 384 g/mol. The second-order valence-corrected chi connectivity index (χ2v) is 10.3. The number of allylic oxidation sites excluding steroid dienone is 5. The van der Waals surface area contributed by atoms with Crippen molar-refractivity contribution in [3.05, 3.63) is 137 Å². The smallest absolute Gasteiger partial charge is 0.0403 e. The lowest BCUT2D eigenvalue weighted by atomic mass is 9.57. The lowest BCUT2D eigenvalue weighted by Gasteiger charge is -2.44. The van der Waals surface area contributed by atoms with Gasteiger partial charge in [0.1, 0.15) is 0 Å². The fraction of sp³-hybridized carbons (Fsp3) is 0.250. The molecule has 0 saturated heterocycles. The Balaban J connectivity index is 1.79. The quantitative estimate of drug-likeness (QED) is 0.403. The molecule has 0 saturated carbocycles. The maximum atomic E-state index is 2.43. The van der Waals surface area contributed by atoms with Gasteiger partial charge in [-0.05, 0) is 40.2 Å². The van der Waals surface area contributed by atoms with Crippen molar-refractivity contribution in [2.45, 2.75) is 44.4 Å². The first-order valence-electron chi connectivity index (χ1n) is 11.7. The molecule has 2 aliphatic rings. The van der Waals surface area contributed by atoms with E-state index in [9.17, 15) is 0 Å². The Morgan fingerprint density at radius 3 is 1.81 bits per heavy atom. The topological polar surface area (TPSA) is 0 Å². The zero-order chi connectivity index (χ0) is 22.3. The van der Waals surface area contributed by atoms with E-state index in [1.807, 2.05) is 0 Å². The lowest BCUT2D eigenvalue weighted by molar-refractivity contribution is 0.401. The van der Waals surface area contributed by atoms with E-state index >= 15 is 0 Å². The van der Waals surface area contributed by atoms with Crippen molar-refractivity contribution < 1.29 is 0 Å². The molecule has 0 aliphatic heterocycles. The molecule has 0 spiro atoms. The van der Waals surface area contributed by atoms with Gasteiger partial charge < -0.3 is 0 Å². The van der Waals surface area contributed by atoms with Gasteiger partial charge in [-0.15, -0.1) is 0 Å². The van der Waals surface area contributed by atoms with Crippen LogP contribution in [-0.2, 0) is 10.8 Å². The number of benzene rings is 3. The predicted octanol–water partition coefficient (Wildman–Crippen LogP) is 8.13. The highest BCUT2D eigenvalue weighted by Crippen LogP contribution is 2.55. The molecule has 0 fully saturated rings. The van der Waals surface area contributed by atoms with Crippen molar-refractivity contribution in [3.8, 4) is 0 Å². The molecule has 2 aliphatic carbocycles. The molecule has 0 aromatic heterocycles. The molecule has 0 amide bonds. The minimum absolute atomic E-state index is 0.137. The van der Waals surface area contributed by atoms with E-state index < -0.39 is 0 Å². The minimum Gasteiger partial charge on any atom is -0.0764 e. The van der Waals surface area contributed by atoms with Gasteiger partial charge in [-0.25, -0.2) is 0 Å². The average molecular weight is 417 g/mol. The van der Waals surface area contributed by atoms with Gasteiger partial charge in [0, 0.05) is 17.3 Å². The van der Waals surface area contributed by atoms with Crippen molar-refractivity contribution in [2.75, 3.05) is 0 Å². The van der Waals surface area contributed by atoms with Gasteiger partial charge in [-0.1, -0.05) is 136 Å². The Labute approximate surface area is 193 Å². The Bertz CT molecular complexity index is 1180. The molecule has 0 radical (unpaired) electrons. The maximum absolute atomic E-state index is 2.43. The highest BCUT2D eigenvalue weighted by molar-refractivity contribution is 5.67. The molecule has 0 bridgehead atoms. The van der Waals surface area contributed by atoms with Crippen LogP contribution < -0.4 is 0 Å². The normalized spacial score (nSPS) is 19.3. The van der Waals surface area contributed by atoms with E-state index in [4.69, 9.17) is 0 Å². The van der Waals surface area contributed by atoms with Crippen LogP contribution in [0.15, 0.2) is 103 Å². The second kappa shape index (κ2) is 7.78. The van der Waals surface area contributed by atoms with E-state index in [0.29, 0.717) is 0 Å². The van der Waals surface area contributed by atoms with Crippen LogP contribution in [-0.4, -0.2) is 0 Å². The number of hydrogen-bond donors (Lipinski definition) is 0. The van der Waals surface area contributed by atoms with Crippen molar-refractivity contribution in [3.63, 3.8) is 0 Å². The molecule has 5 rings (SSSR count). The van der Waals surface area contributed by atoms with Crippen molar-refractivity contribution >= 4 is 6.08 Å². The summed E-state index contributed by atoms with van der Waals surface area (Å²) in [4.78, 5) is 0. The highest BCUT2D eigenvalue weighted by Gasteiger charge is 2.48. The molecule has 0 heteroatoms. The van der Waals surface area contributed by atoms with Crippen LogP contribution >= 0.6 is 0 Å². The molecular formula is C32H32. The third-order valence-corrected chi connectivity index (χ3v) is 7.32. The third kappa shape index (κ3) is 3.30. The summed E-state index contributed by atoms with van der Waals surface area (Å²) in [7, 11) is 0. The Hall–Kier alpha value is -3.12. The second-order valence-electron chi connectivity index (χ2n) is 10.3. The summed E-state index contributed by atoms with van der Waals surface area (Å²) < 4.78 is 0. The molecule has 2 atom stereocenters. The van der Waals surface area contributed by atoms with Crippen LogP contribution in [0.1, 0.15) is 60.1 Å². The van der Waals surface area contributed by atoms with Gasteiger partial charge in [0.15, 0.2) is 0 Å². The summed E-state index contributed by atoms with van der Waals surface area (Å²) in [5.41, 5.74) is 8.10. The summed E-state index contributed by atoms with van der Waals surface area (Å²) in [6.07, 6.45) is 13.9. The summed E-state index contributed by atoms with van der Waals surface area (Å²) in [5, 5.41) is 0. The fourth-order valence-electron chi connectivity index (χ4n) is 5.58. The fourth-order valence-corrected chi connectivity index (χ4v) is 5.58. The van der Waals surface area contributed by atoms with Gasteiger partial charge in [0.25, 0.3) is 0 Å². The van der Waals surface area contributed by atoms with E-state index in [-0.39, 0.29) is 22.7 Å². The van der Waals surface area contributed by atoms with E-state index in [1.165, 1.54) is 33.4 Å². The molecule has 160 valence electrons. The number of fused-ring (bicyclic) bond motifs is 1. The maximum Gasteiger partial charge on any atom is 0.0403 e. The number of rotatable bonds is 4. The third-order valence-electron chi connectivity index (χ3n) is 7.32. The first kappa shape index (κ1) is 20.8. The van der Waals surface area contributed by atoms with Crippen molar-refractivity contribution in [2.24, 2.45) is 5.92 Å². The van der Waals surface area contributed by atoms with Crippen LogP contribution in [0.2, 0.25) is 0 Å². The number of hydrogen-bond acceptors (Lipinski definition) is 0. The molecule has 2 unspecified atom stereocenters. The zero-order valence-electron chi connectivity index (χ0n) is 19.5. The Morgan fingerprint density at radius 1 is 0.625 bits per heavy atom. The van der Waals surface area contributed by atoms with Crippen LogP contribution in [0.25, 0.3) is 6.08 Å². The summed E-state index contributed by atoms with van der Waals surface area (Å²) in [5.74, 6) is 0.547. The molecule has 3 aromatic rings. The van der Waals surface area contributed by atoms with Crippen LogP contribution in [0.4, 0.5) is 0 Å². The molecule has 32 heavy (non-hydrogen) atoms. The highest BCUT2D eigenvalue weighted by atomic mass is 14.5. The standard InChI is InChI=1S/C32H32/c1-23-13-16-27(17-14-23)32(26-10-6-7-11-26,28-20-18-25(19-21-28)31(2,3)4)30-22-15-24-9-5-8-12-29(24)30/h5-22,26,30H,1-4H3. The summed E-state index contributed by atoms with van der Waals surface area (Å²) in [6.45, 7) is 9.03. The van der Waals surface area contributed by atoms with Gasteiger partial charge in [0.05, 0.1) is 0 Å². The predicted molar refractivity (Wildman–Crippen MR) is 137 cm³/mol. The SMILES string of the molecule is Cc1ccc(C(c2ccc(C(C)(C)C)cc2)(C2C=CC=C2)C2C=Cc3ccccc32)cc1. The van der Waals surface area contributed by atoms with Gasteiger partial charge in [0.2, 0.25) is 0 Å². The van der Waals surface area contributed by atoms with Gasteiger partial charge in [-0.2, -0.15) is 0 Å². The number of aryl methyl sites for hydroxylation is 1. The van der Waals surface area contributed by atoms with Crippen molar-refractivity contribution in [1.82, 2.24) is 0 Å². The van der Waals surface area contributed by atoms with Gasteiger partial charge >= 0.3 is 0 Å². The van der Waals surface area contributed by atoms with Gasteiger partial charge in [-0.3, -0.25) is 0 Å². The molecule has 0 nitrogen and oxygen atoms in total. The Morgan fingerprint density at radius 2 is 1.19 bits per heavy atom. The monoisotopic (exact) mass is 416 g/mol. The molecule has 0 N–H and O–H groups in total. The van der Waals surface area contributed by atoms with Crippen molar-refractivity contribution in [1.29, 1.82) is 0 Å². The van der Waals surface area contributed by atoms with Crippen LogP contribution in [0.5, 0.6) is 0 Å².